The molecule has 1 rings (SSSR count). The predicted octanol–water partition coefficient (Wildman–Crippen LogP) is 4.17. The lowest BCUT2D eigenvalue weighted by molar-refractivity contribution is 0.158. The van der Waals surface area contributed by atoms with Crippen LogP contribution in [0, 0.1) is 5.41 Å². The third-order valence-corrected chi connectivity index (χ3v) is 3.05. The van der Waals surface area contributed by atoms with Gasteiger partial charge in [0.1, 0.15) is 0 Å². The summed E-state index contributed by atoms with van der Waals surface area (Å²) >= 11 is 5.82. The summed E-state index contributed by atoms with van der Waals surface area (Å²) in [6.45, 7) is 6.61. The second-order valence-electron chi connectivity index (χ2n) is 5.74. The first-order chi connectivity index (χ1) is 7.79. The van der Waals surface area contributed by atoms with Gasteiger partial charge in [-0.25, -0.2) is 0 Å². The molecule has 0 fully saturated rings. The molecule has 0 spiro atoms. The monoisotopic (exact) mass is 255 g/mol. The van der Waals surface area contributed by atoms with Crippen molar-refractivity contribution in [1.82, 2.24) is 0 Å². The van der Waals surface area contributed by atoms with E-state index in [0.717, 1.165) is 24.8 Å². The Hall–Kier alpha value is -0.730. The van der Waals surface area contributed by atoms with Crippen molar-refractivity contribution in [2.45, 2.75) is 46.1 Å². The summed E-state index contributed by atoms with van der Waals surface area (Å²) in [4.78, 5) is 0. The lowest BCUT2D eigenvalue weighted by Gasteiger charge is -2.19. The van der Waals surface area contributed by atoms with Gasteiger partial charge < -0.3 is 10.8 Å². The van der Waals surface area contributed by atoms with Crippen LogP contribution < -0.4 is 5.73 Å². The highest BCUT2D eigenvalue weighted by Gasteiger charge is 2.14. The number of nitrogen functional groups attached to an aromatic ring is 1. The Balaban J connectivity index is 2.55. The summed E-state index contributed by atoms with van der Waals surface area (Å²) < 4.78 is 0. The molecule has 17 heavy (non-hydrogen) atoms. The van der Waals surface area contributed by atoms with E-state index in [1.54, 1.807) is 18.2 Å². The van der Waals surface area contributed by atoms with Gasteiger partial charge in [-0.1, -0.05) is 44.9 Å². The first-order valence-electron chi connectivity index (χ1n) is 6.02. The largest absolute Gasteiger partial charge is 0.398 e. The minimum Gasteiger partial charge on any atom is -0.398 e. The van der Waals surface area contributed by atoms with E-state index in [2.05, 4.69) is 20.8 Å². The van der Waals surface area contributed by atoms with E-state index < -0.39 is 6.10 Å². The zero-order valence-electron chi connectivity index (χ0n) is 10.8. The van der Waals surface area contributed by atoms with Gasteiger partial charge in [-0.05, 0) is 30.4 Å². The summed E-state index contributed by atoms with van der Waals surface area (Å²) in [5.41, 5.74) is 7.50. The van der Waals surface area contributed by atoms with Gasteiger partial charge in [0.15, 0.2) is 0 Å². The fourth-order valence-electron chi connectivity index (χ4n) is 1.83. The fourth-order valence-corrected chi connectivity index (χ4v) is 2.01. The standard InChI is InChI=1S/C14H22ClNO/c1-14(2,3)8-4-5-13(17)11-7-6-10(15)9-12(11)16/h6-7,9,13,17H,4-5,8,16H2,1-3H3. The minimum absolute atomic E-state index is 0.311. The van der Waals surface area contributed by atoms with Gasteiger partial charge in [-0.2, -0.15) is 0 Å². The van der Waals surface area contributed by atoms with Gasteiger partial charge >= 0.3 is 0 Å². The molecule has 96 valence electrons. The highest BCUT2D eigenvalue weighted by Crippen LogP contribution is 2.29. The van der Waals surface area contributed by atoms with Crippen molar-refractivity contribution in [3.05, 3.63) is 28.8 Å². The molecule has 0 bridgehead atoms. The molecule has 1 aromatic rings. The third-order valence-electron chi connectivity index (χ3n) is 2.81. The highest BCUT2D eigenvalue weighted by molar-refractivity contribution is 6.30. The first-order valence-corrected chi connectivity index (χ1v) is 6.40. The molecular formula is C14H22ClNO. The second-order valence-corrected chi connectivity index (χ2v) is 6.18. The molecule has 1 aromatic carbocycles. The van der Waals surface area contributed by atoms with E-state index in [-0.39, 0.29) is 0 Å². The molecule has 1 atom stereocenters. The van der Waals surface area contributed by atoms with E-state index in [0.29, 0.717) is 16.1 Å². The molecule has 0 saturated carbocycles. The van der Waals surface area contributed by atoms with Crippen LogP contribution >= 0.6 is 11.6 Å². The van der Waals surface area contributed by atoms with Crippen LogP contribution in [0.15, 0.2) is 18.2 Å². The molecule has 0 aliphatic carbocycles. The molecule has 0 aromatic heterocycles. The van der Waals surface area contributed by atoms with Crippen molar-refractivity contribution in [3.8, 4) is 0 Å². The van der Waals surface area contributed by atoms with Crippen molar-refractivity contribution in [2.24, 2.45) is 5.41 Å². The van der Waals surface area contributed by atoms with Crippen LogP contribution in [0.25, 0.3) is 0 Å². The zero-order valence-corrected chi connectivity index (χ0v) is 11.6. The minimum atomic E-state index is -0.491. The number of benzene rings is 1. The Labute approximate surface area is 109 Å². The summed E-state index contributed by atoms with van der Waals surface area (Å²) in [5, 5.41) is 10.7. The highest BCUT2D eigenvalue weighted by atomic mass is 35.5. The van der Waals surface area contributed by atoms with Crippen LogP contribution in [0.3, 0.4) is 0 Å². The van der Waals surface area contributed by atoms with E-state index >= 15 is 0 Å². The average molecular weight is 256 g/mol. The molecule has 0 amide bonds. The number of anilines is 1. The topological polar surface area (TPSA) is 46.2 Å². The Kier molecular flexibility index (Phi) is 4.84. The molecular weight excluding hydrogens is 234 g/mol. The lowest BCUT2D eigenvalue weighted by atomic mass is 9.88. The number of nitrogens with two attached hydrogens (primary N) is 1. The lowest BCUT2D eigenvalue weighted by Crippen LogP contribution is -2.07. The van der Waals surface area contributed by atoms with E-state index in [1.165, 1.54) is 0 Å². The van der Waals surface area contributed by atoms with Gasteiger partial charge in [0.05, 0.1) is 6.10 Å². The van der Waals surface area contributed by atoms with Gasteiger partial charge in [0, 0.05) is 16.3 Å². The summed E-state index contributed by atoms with van der Waals surface area (Å²) in [5.74, 6) is 0. The van der Waals surface area contributed by atoms with Crippen LogP contribution in [0.2, 0.25) is 5.02 Å². The van der Waals surface area contributed by atoms with Crippen molar-refractivity contribution in [1.29, 1.82) is 0 Å². The van der Waals surface area contributed by atoms with Crippen molar-refractivity contribution < 1.29 is 5.11 Å². The number of hydrogen-bond acceptors (Lipinski definition) is 2. The van der Waals surface area contributed by atoms with Crippen LogP contribution in [0.4, 0.5) is 5.69 Å². The zero-order chi connectivity index (χ0) is 13.1. The van der Waals surface area contributed by atoms with E-state index in [4.69, 9.17) is 17.3 Å². The normalized spacial score (nSPS) is 13.7. The molecule has 3 N–H and O–H groups in total. The number of aliphatic hydroxyl groups is 1. The molecule has 0 saturated heterocycles. The van der Waals surface area contributed by atoms with Crippen molar-refractivity contribution in [3.63, 3.8) is 0 Å². The molecule has 0 heterocycles. The third kappa shape index (κ3) is 4.97. The van der Waals surface area contributed by atoms with Crippen LogP contribution in [-0.2, 0) is 0 Å². The number of halogens is 1. The van der Waals surface area contributed by atoms with Gasteiger partial charge in [-0.15, -0.1) is 0 Å². The maximum absolute atomic E-state index is 10.1. The Morgan fingerprint density at radius 1 is 1.35 bits per heavy atom. The predicted molar refractivity (Wildman–Crippen MR) is 74.1 cm³/mol. The number of aliphatic hydroxyl groups excluding tert-OH is 1. The van der Waals surface area contributed by atoms with E-state index in [9.17, 15) is 5.11 Å². The van der Waals surface area contributed by atoms with Crippen LogP contribution in [0.1, 0.15) is 51.7 Å². The Morgan fingerprint density at radius 2 is 2.00 bits per heavy atom. The molecule has 0 radical (unpaired) electrons. The van der Waals surface area contributed by atoms with Crippen molar-refractivity contribution >= 4 is 17.3 Å². The summed E-state index contributed by atoms with van der Waals surface area (Å²) in [6, 6.07) is 5.25. The summed E-state index contributed by atoms with van der Waals surface area (Å²) in [7, 11) is 0. The Bertz CT molecular complexity index is 371. The van der Waals surface area contributed by atoms with Gasteiger partial charge in [-0.3, -0.25) is 0 Å². The van der Waals surface area contributed by atoms with E-state index in [1.807, 2.05) is 0 Å². The molecule has 0 aliphatic rings. The van der Waals surface area contributed by atoms with Crippen LogP contribution in [0.5, 0.6) is 0 Å². The quantitative estimate of drug-likeness (QED) is 0.793. The van der Waals surface area contributed by atoms with Crippen molar-refractivity contribution in [2.75, 3.05) is 5.73 Å². The molecule has 3 heteroatoms. The molecule has 1 unspecified atom stereocenters. The molecule has 0 aliphatic heterocycles. The molecule has 2 nitrogen and oxygen atoms in total. The first kappa shape index (κ1) is 14.3. The maximum atomic E-state index is 10.1. The maximum Gasteiger partial charge on any atom is 0.0809 e. The number of rotatable bonds is 4. The average Bonchev–Trinajstić information content (AvgIpc) is 2.15. The SMILES string of the molecule is CC(C)(C)CCCC(O)c1ccc(Cl)cc1N. The smallest absolute Gasteiger partial charge is 0.0809 e. The van der Waals surface area contributed by atoms with Gasteiger partial charge in [0.2, 0.25) is 0 Å². The Morgan fingerprint density at radius 3 is 2.53 bits per heavy atom. The summed E-state index contributed by atoms with van der Waals surface area (Å²) in [6.07, 6.45) is 2.34. The van der Waals surface area contributed by atoms with Crippen LogP contribution in [-0.4, -0.2) is 5.11 Å². The van der Waals surface area contributed by atoms with Gasteiger partial charge in [0.25, 0.3) is 0 Å². The fraction of sp³-hybridized carbons (Fsp3) is 0.571. The second kappa shape index (κ2) is 5.74. The number of hydrogen-bond donors (Lipinski definition) is 2.